The lowest BCUT2D eigenvalue weighted by molar-refractivity contribution is -0.973. The van der Waals surface area contributed by atoms with Crippen molar-refractivity contribution in [3.8, 4) is 23.0 Å². The molecule has 6 aliphatic heterocycles. The molecule has 0 spiro atoms. The maximum absolute atomic E-state index is 13.3. The third-order valence-electron chi connectivity index (χ3n) is 23.7. The minimum absolute atomic E-state index is 0. The van der Waals surface area contributed by atoms with E-state index in [1.807, 2.05) is 60.9 Å². The van der Waals surface area contributed by atoms with E-state index in [0.29, 0.717) is 75.7 Å². The number of ether oxygens (including phenoxy) is 2. The SMILES string of the molecule is C=C[C@H]1C[N+]2(CCOc3c4cc(C(C)(C)C)cc3Cc3cc(C(C)(C)C)cc(c3O)Cc3cc(C(C)(C)C)cc(c3OCC[N+]35CC[C@@H](C[C@H]3[C@H](O)c3ccnc6ccccc36)[C@@H](C=C)C5)Cc3cc(C(C)(C)C)cc(c3O)C4)CC[C@H]1C[C@H]2[C@H](O)c1ccnc2ccccc12.[Br-].[Br-]. The van der Waals surface area contributed by atoms with E-state index in [-0.39, 0.29) is 79.2 Å². The monoisotopic (exact) mass is 1450 g/mol. The molecule has 4 N–H and O–H groups in total. The summed E-state index contributed by atoms with van der Waals surface area (Å²) in [5.74, 6) is 3.67. The quantitative estimate of drug-likeness (QED) is 0.0627. The van der Waals surface area contributed by atoms with E-state index in [2.05, 4.69) is 179 Å². The Hall–Kier alpha value is -6.38. The van der Waals surface area contributed by atoms with E-state index >= 15 is 0 Å². The number of halogens is 2. The Bertz CT molecular complexity index is 3910. The Balaban J connectivity index is 0.00000486. The summed E-state index contributed by atoms with van der Waals surface area (Å²) in [7, 11) is 0. The Morgan fingerprint density at radius 1 is 0.469 bits per heavy atom. The van der Waals surface area contributed by atoms with E-state index in [1.165, 1.54) is 0 Å². The van der Waals surface area contributed by atoms with Crippen LogP contribution >= 0.6 is 0 Å². The highest BCUT2D eigenvalue weighted by molar-refractivity contribution is 5.83. The molecule has 7 aliphatic rings. The highest BCUT2D eigenvalue weighted by atomic mass is 79.9. The van der Waals surface area contributed by atoms with Gasteiger partial charge in [0, 0.05) is 86.4 Å². The van der Waals surface area contributed by atoms with Gasteiger partial charge in [0.15, 0.2) is 0 Å². The Morgan fingerprint density at radius 2 is 0.776 bits per heavy atom. The first-order valence-electron chi connectivity index (χ1n) is 35.8. The molecule has 12 bridgehead atoms. The lowest BCUT2D eigenvalue weighted by atomic mass is 9.71. The van der Waals surface area contributed by atoms with E-state index in [1.54, 1.807) is 0 Å². The van der Waals surface area contributed by atoms with Crippen molar-refractivity contribution in [3.63, 3.8) is 0 Å². The molecule has 520 valence electrons. The number of phenols is 2. The van der Waals surface area contributed by atoms with Gasteiger partial charge >= 0.3 is 0 Å². The molecule has 12 heteroatoms. The lowest BCUT2D eigenvalue weighted by Crippen LogP contribution is -3.00. The van der Waals surface area contributed by atoms with Gasteiger partial charge < -0.3 is 72.8 Å². The number of phenolic OH excluding ortho intramolecular Hbond substituents is 2. The number of quaternary nitrogens is 2. The summed E-state index contributed by atoms with van der Waals surface area (Å²) in [5, 5.41) is 54.2. The molecule has 8 heterocycles. The predicted octanol–water partition coefficient (Wildman–Crippen LogP) is 11.1. The van der Waals surface area contributed by atoms with Crippen LogP contribution in [0.5, 0.6) is 23.0 Å². The minimum Gasteiger partial charge on any atom is -1.00 e. The molecule has 2 aromatic heterocycles. The number of aromatic nitrogens is 2. The number of para-hydroxylation sites is 2. The van der Waals surface area contributed by atoms with Crippen LogP contribution < -0.4 is 43.4 Å². The molecule has 8 aromatic rings. The van der Waals surface area contributed by atoms with Gasteiger partial charge in [0.25, 0.3) is 0 Å². The molecule has 10 nitrogen and oxygen atoms in total. The largest absolute Gasteiger partial charge is 1.00 e. The Labute approximate surface area is 605 Å². The van der Waals surface area contributed by atoms with Crippen molar-refractivity contribution in [2.24, 2.45) is 23.7 Å². The number of benzene rings is 6. The average molecular weight is 1450 g/mol. The molecule has 98 heavy (non-hydrogen) atoms. The van der Waals surface area contributed by atoms with Crippen LogP contribution in [0, 0.1) is 23.7 Å². The van der Waals surface area contributed by atoms with Gasteiger partial charge in [0.1, 0.15) is 73.6 Å². The smallest absolute Gasteiger partial charge is 0.137 e. The molecular formula is C86H106Br2N4O6. The number of aliphatic hydroxyl groups is 2. The van der Waals surface area contributed by atoms with Crippen molar-refractivity contribution in [1.29, 1.82) is 0 Å². The molecule has 0 saturated carbocycles. The second kappa shape index (κ2) is 27.9. The first-order valence-corrected chi connectivity index (χ1v) is 35.8. The second-order valence-electron chi connectivity index (χ2n) is 33.9. The standard InChI is InChI=1S/C86H104N4O6.2BrH/c1-15-53-51-89(31-27-55(53)49-75(89)79(93)71-25-29-87-73-23-19-17-21-69(71)73)33-35-95-81-61-37-57-41-65(83(3,4)5)43-59(77(57)91)39-63-47-68(86(12,13)14)48-64(40-60-44-66(84(6,7)8)42-58(78(60)92)38-62(81)46-67(45-61)85(9,10)11)82(63)96-36-34-90-32-28-56(54(16-2)52-90)50-76(90)80(94)72-26-30-88-74-24-20-18-22-70(72)74;;/h15-26,29-30,41-48,53-56,75-76,79-80,93-94H,1-2,27-28,31-40,49-52H2,3-14H3;2*1H/t53-,54-,55-,56-,75-,76-,79+,80+,89?,90?;;/m0../s1. The summed E-state index contributed by atoms with van der Waals surface area (Å²) in [5.41, 5.74) is 14.4. The Kier molecular flexibility index (Phi) is 20.7. The van der Waals surface area contributed by atoms with Gasteiger partial charge in [-0.1, -0.05) is 180 Å². The van der Waals surface area contributed by atoms with Gasteiger partial charge in [-0.3, -0.25) is 9.97 Å². The summed E-state index contributed by atoms with van der Waals surface area (Å²) < 4.78 is 16.5. The van der Waals surface area contributed by atoms with Crippen molar-refractivity contribution in [2.75, 3.05) is 52.5 Å². The number of rotatable bonds is 14. The van der Waals surface area contributed by atoms with Crippen LogP contribution in [0.4, 0.5) is 0 Å². The minimum atomic E-state index is -0.701. The predicted molar refractivity (Wildman–Crippen MR) is 390 cm³/mol. The van der Waals surface area contributed by atoms with Crippen LogP contribution in [0.25, 0.3) is 21.8 Å². The third-order valence-corrected chi connectivity index (χ3v) is 23.7. The molecule has 0 radical (unpaired) electrons. The number of aromatic hydroxyl groups is 2. The summed E-state index contributed by atoms with van der Waals surface area (Å²) in [6.45, 7) is 41.7. The van der Waals surface area contributed by atoms with Crippen LogP contribution in [0.15, 0.2) is 147 Å². The van der Waals surface area contributed by atoms with Crippen molar-refractivity contribution in [1.82, 2.24) is 9.97 Å². The van der Waals surface area contributed by atoms with Crippen molar-refractivity contribution in [3.05, 3.63) is 225 Å². The zero-order valence-corrected chi connectivity index (χ0v) is 63.4. The first kappa shape index (κ1) is 72.9. The van der Waals surface area contributed by atoms with Crippen LogP contribution in [0.2, 0.25) is 0 Å². The van der Waals surface area contributed by atoms with E-state index < -0.39 is 12.2 Å². The zero-order valence-electron chi connectivity index (χ0n) is 60.2. The number of fused-ring (bicyclic) bond motifs is 16. The lowest BCUT2D eigenvalue weighted by Gasteiger charge is -2.58. The Morgan fingerprint density at radius 3 is 1.08 bits per heavy atom. The first-order chi connectivity index (χ1) is 45.5. The van der Waals surface area contributed by atoms with Crippen molar-refractivity contribution >= 4 is 21.8 Å². The summed E-state index contributed by atoms with van der Waals surface area (Å²) in [4.78, 5) is 9.37. The fourth-order valence-electron chi connectivity index (χ4n) is 17.8. The molecule has 1 aliphatic carbocycles. The van der Waals surface area contributed by atoms with Crippen LogP contribution in [0.3, 0.4) is 0 Å². The molecule has 0 amide bonds. The number of pyridine rings is 2. The van der Waals surface area contributed by atoms with Crippen LogP contribution in [0.1, 0.15) is 199 Å². The van der Waals surface area contributed by atoms with Gasteiger partial charge in [-0.2, -0.15) is 0 Å². The molecule has 6 fully saturated rings. The molecule has 6 saturated heterocycles. The number of hydrogen-bond acceptors (Lipinski definition) is 8. The van der Waals surface area contributed by atoms with Gasteiger partial charge in [-0.05, 0) is 136 Å². The normalized spacial score (nSPS) is 23.7. The van der Waals surface area contributed by atoms with Crippen molar-refractivity contribution < 1.29 is 72.8 Å². The maximum Gasteiger partial charge on any atom is 0.137 e. The third kappa shape index (κ3) is 14.1. The fourth-order valence-corrected chi connectivity index (χ4v) is 17.8. The number of hydrogen-bond donors (Lipinski definition) is 4. The van der Waals surface area contributed by atoms with Gasteiger partial charge in [-0.25, -0.2) is 0 Å². The van der Waals surface area contributed by atoms with Crippen LogP contribution in [-0.2, 0) is 47.3 Å². The van der Waals surface area contributed by atoms with E-state index in [4.69, 9.17) is 9.47 Å². The highest BCUT2D eigenvalue weighted by Crippen LogP contribution is 2.51. The molecular weight excluding hydrogens is 1340 g/mol. The van der Waals surface area contributed by atoms with Crippen molar-refractivity contribution in [2.45, 2.75) is 180 Å². The number of piperidine rings is 6. The van der Waals surface area contributed by atoms with Gasteiger partial charge in [0.2, 0.25) is 0 Å². The van der Waals surface area contributed by atoms with E-state index in [9.17, 15) is 20.4 Å². The van der Waals surface area contributed by atoms with Crippen LogP contribution in [-0.4, -0.2) is 104 Å². The maximum atomic E-state index is 13.3. The van der Waals surface area contributed by atoms with Gasteiger partial charge in [0.05, 0.1) is 37.2 Å². The second-order valence-corrected chi connectivity index (χ2v) is 33.9. The summed E-state index contributed by atoms with van der Waals surface area (Å²) in [6.07, 6.45) is 12.1. The average Bonchev–Trinajstić information content (AvgIpc) is 0.750. The van der Waals surface area contributed by atoms with E-state index in [0.717, 1.165) is 172 Å². The summed E-state index contributed by atoms with van der Waals surface area (Å²) in [6, 6.07) is 38.4. The summed E-state index contributed by atoms with van der Waals surface area (Å²) >= 11 is 0. The van der Waals surface area contributed by atoms with Gasteiger partial charge in [-0.15, -0.1) is 13.2 Å². The zero-order chi connectivity index (χ0) is 68.0. The molecule has 15 rings (SSSR count). The fraction of sp³-hybridized carbons (Fsp3) is 0.465. The topological polar surface area (TPSA) is 125 Å². The number of aliphatic hydroxyl groups excluding tert-OH is 2. The molecule has 6 aromatic carbocycles. The molecule has 10 atom stereocenters. The molecule has 2 unspecified atom stereocenters. The number of nitrogens with zero attached hydrogens (tertiary/aromatic N) is 4. The highest BCUT2D eigenvalue weighted by Gasteiger charge is 2.56.